The Labute approximate surface area is 226 Å². The highest BCUT2D eigenvalue weighted by Gasteiger charge is 2.21. The van der Waals surface area contributed by atoms with Crippen molar-refractivity contribution in [2.45, 2.75) is 12.5 Å². The van der Waals surface area contributed by atoms with E-state index in [1.54, 1.807) is 39.5 Å². The number of methoxy groups -OCH3 is 3. The maximum atomic E-state index is 13.7. The van der Waals surface area contributed by atoms with E-state index in [0.717, 1.165) is 16.5 Å². The average molecular weight is 526 g/mol. The van der Waals surface area contributed by atoms with Gasteiger partial charge in [-0.15, -0.1) is 0 Å². The number of aliphatic hydroxyl groups excluding tert-OH is 1. The number of benzene rings is 3. The second-order valence-corrected chi connectivity index (χ2v) is 9.33. The summed E-state index contributed by atoms with van der Waals surface area (Å²) in [5.41, 5.74) is 4.58. The molecular formula is C31H31N3O5. The van der Waals surface area contributed by atoms with Crippen LogP contribution in [0.2, 0.25) is 0 Å². The first kappa shape index (κ1) is 26.1. The predicted molar refractivity (Wildman–Crippen MR) is 152 cm³/mol. The van der Waals surface area contributed by atoms with Gasteiger partial charge in [0, 0.05) is 35.1 Å². The summed E-state index contributed by atoms with van der Waals surface area (Å²) in [7, 11) is 6.65. The van der Waals surface area contributed by atoms with Crippen LogP contribution in [0.1, 0.15) is 15.9 Å². The number of hydrogen-bond donors (Lipinski definition) is 2. The molecule has 39 heavy (non-hydrogen) atoms. The van der Waals surface area contributed by atoms with Crippen molar-refractivity contribution in [1.29, 1.82) is 0 Å². The molecule has 0 bridgehead atoms. The first-order valence-corrected chi connectivity index (χ1v) is 12.6. The highest BCUT2D eigenvalue weighted by atomic mass is 16.5. The SMILES string of the molecule is COc1cc(-c2cc(C(=O)N[C@H](CO)Cc3cn(C)c4ccccc34)c3ccccc3n2)cc(OC)c1OC. The van der Waals surface area contributed by atoms with Gasteiger partial charge in [0.1, 0.15) is 0 Å². The lowest BCUT2D eigenvalue weighted by Crippen LogP contribution is -2.39. The Morgan fingerprint density at radius 1 is 0.949 bits per heavy atom. The zero-order valence-corrected chi connectivity index (χ0v) is 22.4. The van der Waals surface area contributed by atoms with E-state index in [1.807, 2.05) is 49.6 Å². The molecule has 2 N–H and O–H groups in total. The van der Waals surface area contributed by atoms with E-state index < -0.39 is 6.04 Å². The van der Waals surface area contributed by atoms with Crippen LogP contribution >= 0.6 is 0 Å². The molecule has 0 aliphatic heterocycles. The highest BCUT2D eigenvalue weighted by molar-refractivity contribution is 6.07. The van der Waals surface area contributed by atoms with E-state index in [4.69, 9.17) is 19.2 Å². The van der Waals surface area contributed by atoms with E-state index in [2.05, 4.69) is 22.0 Å². The minimum Gasteiger partial charge on any atom is -0.493 e. The Kier molecular flexibility index (Phi) is 7.38. The van der Waals surface area contributed by atoms with Crippen LogP contribution in [0, 0.1) is 0 Å². The van der Waals surface area contributed by atoms with Crippen LogP contribution in [0.4, 0.5) is 0 Å². The Balaban J connectivity index is 1.52. The molecular weight excluding hydrogens is 494 g/mol. The summed E-state index contributed by atoms with van der Waals surface area (Å²) in [6, 6.07) is 20.5. The minimum atomic E-state index is -0.472. The first-order chi connectivity index (χ1) is 19.0. The number of aliphatic hydroxyl groups is 1. The lowest BCUT2D eigenvalue weighted by molar-refractivity contribution is 0.0918. The molecule has 0 saturated carbocycles. The van der Waals surface area contributed by atoms with E-state index in [1.165, 1.54) is 0 Å². The number of aryl methyl sites for hydroxylation is 1. The van der Waals surface area contributed by atoms with Crippen LogP contribution in [0.15, 0.2) is 72.9 Å². The standard InChI is InChI=1S/C31H31N3O5/c1-34-17-20(22-9-6-8-12-27(22)34)13-21(18-35)32-31(36)24-16-26(33-25-11-7-5-10-23(24)25)19-14-28(37-2)30(39-4)29(15-19)38-3/h5-12,14-17,21,35H,13,18H2,1-4H3,(H,32,36)/t21-/m0/s1. The zero-order chi connectivity index (χ0) is 27.5. The van der Waals surface area contributed by atoms with Gasteiger partial charge in [0.05, 0.1) is 50.8 Å². The Morgan fingerprint density at radius 3 is 2.28 bits per heavy atom. The van der Waals surface area contributed by atoms with Crippen molar-refractivity contribution in [2.24, 2.45) is 7.05 Å². The van der Waals surface area contributed by atoms with Crippen molar-refractivity contribution in [3.8, 4) is 28.5 Å². The van der Waals surface area contributed by atoms with Crippen molar-refractivity contribution in [3.63, 3.8) is 0 Å². The Morgan fingerprint density at radius 2 is 1.62 bits per heavy atom. The van der Waals surface area contributed by atoms with E-state index >= 15 is 0 Å². The van der Waals surface area contributed by atoms with Gasteiger partial charge in [-0.25, -0.2) is 4.98 Å². The number of carbonyl (C=O) groups excluding carboxylic acids is 1. The smallest absolute Gasteiger partial charge is 0.252 e. The summed E-state index contributed by atoms with van der Waals surface area (Å²) in [6.45, 7) is -0.197. The molecule has 0 aliphatic rings. The lowest BCUT2D eigenvalue weighted by atomic mass is 10.0. The number of fused-ring (bicyclic) bond motifs is 2. The first-order valence-electron chi connectivity index (χ1n) is 12.6. The van der Waals surface area contributed by atoms with E-state index in [-0.39, 0.29) is 12.5 Å². The number of nitrogens with one attached hydrogen (secondary N) is 1. The second-order valence-electron chi connectivity index (χ2n) is 9.33. The summed E-state index contributed by atoms with van der Waals surface area (Å²) in [6.07, 6.45) is 2.54. The van der Waals surface area contributed by atoms with Gasteiger partial charge in [0.15, 0.2) is 11.5 Å². The number of amides is 1. The third kappa shape index (κ3) is 4.98. The van der Waals surface area contributed by atoms with Gasteiger partial charge in [-0.3, -0.25) is 4.79 Å². The van der Waals surface area contributed by atoms with Gasteiger partial charge in [-0.05, 0) is 42.3 Å². The molecule has 5 rings (SSSR count). The van der Waals surface area contributed by atoms with Crippen LogP contribution in [-0.2, 0) is 13.5 Å². The molecule has 1 amide bonds. The summed E-state index contributed by atoms with van der Waals surface area (Å²) in [4.78, 5) is 18.5. The normalized spacial score (nSPS) is 11.9. The topological polar surface area (TPSA) is 94.8 Å². The van der Waals surface area contributed by atoms with Gasteiger partial charge in [-0.2, -0.15) is 0 Å². The van der Waals surface area contributed by atoms with Crippen LogP contribution in [0.3, 0.4) is 0 Å². The van der Waals surface area contributed by atoms with Gasteiger partial charge in [-0.1, -0.05) is 36.4 Å². The quantitative estimate of drug-likeness (QED) is 0.288. The van der Waals surface area contributed by atoms with E-state index in [9.17, 15) is 9.90 Å². The Hall–Kier alpha value is -4.56. The van der Waals surface area contributed by atoms with Crippen molar-refractivity contribution in [1.82, 2.24) is 14.9 Å². The average Bonchev–Trinajstić information content (AvgIpc) is 3.29. The summed E-state index contributed by atoms with van der Waals surface area (Å²) >= 11 is 0. The number of carbonyl (C=O) groups is 1. The summed E-state index contributed by atoms with van der Waals surface area (Å²) < 4.78 is 18.6. The molecule has 2 aromatic heterocycles. The minimum absolute atomic E-state index is 0.197. The fourth-order valence-corrected chi connectivity index (χ4v) is 5.02. The van der Waals surface area contributed by atoms with E-state index in [0.29, 0.717) is 51.4 Å². The molecule has 0 saturated heterocycles. The molecule has 0 spiro atoms. The van der Waals surface area contributed by atoms with Crippen LogP contribution in [0.25, 0.3) is 33.1 Å². The number of ether oxygens (including phenoxy) is 3. The summed E-state index contributed by atoms with van der Waals surface area (Å²) in [5, 5.41) is 15.1. The van der Waals surface area contributed by atoms with Gasteiger partial charge < -0.3 is 29.2 Å². The molecule has 5 aromatic rings. The molecule has 3 aromatic carbocycles. The van der Waals surface area contributed by atoms with Crippen molar-refractivity contribution in [3.05, 3.63) is 84.1 Å². The van der Waals surface area contributed by atoms with Crippen LogP contribution < -0.4 is 19.5 Å². The highest BCUT2D eigenvalue weighted by Crippen LogP contribution is 2.41. The van der Waals surface area contributed by atoms with Gasteiger partial charge in [0.25, 0.3) is 5.91 Å². The fraction of sp³-hybridized carbons (Fsp3) is 0.226. The van der Waals surface area contributed by atoms with Crippen LogP contribution in [0.5, 0.6) is 17.2 Å². The number of para-hydroxylation sites is 2. The maximum absolute atomic E-state index is 13.7. The second kappa shape index (κ2) is 11.0. The molecule has 2 heterocycles. The molecule has 0 unspecified atom stereocenters. The van der Waals surface area contributed by atoms with Crippen molar-refractivity contribution >= 4 is 27.7 Å². The molecule has 1 atom stereocenters. The number of nitrogens with zero attached hydrogens (tertiary/aromatic N) is 2. The molecule has 0 radical (unpaired) electrons. The number of aromatic nitrogens is 2. The predicted octanol–water partition coefficient (Wildman–Crippen LogP) is 4.75. The molecule has 200 valence electrons. The molecule has 0 fully saturated rings. The Bertz CT molecular complexity index is 1630. The summed E-state index contributed by atoms with van der Waals surface area (Å²) in [5.74, 6) is 1.16. The maximum Gasteiger partial charge on any atom is 0.252 e. The zero-order valence-electron chi connectivity index (χ0n) is 22.4. The number of pyridine rings is 1. The van der Waals surface area contributed by atoms with Gasteiger partial charge >= 0.3 is 0 Å². The van der Waals surface area contributed by atoms with Crippen molar-refractivity contribution in [2.75, 3.05) is 27.9 Å². The molecule has 8 heteroatoms. The third-order valence-electron chi connectivity index (χ3n) is 6.92. The monoisotopic (exact) mass is 525 g/mol. The number of hydrogen-bond acceptors (Lipinski definition) is 6. The number of rotatable bonds is 9. The van der Waals surface area contributed by atoms with Crippen LogP contribution in [-0.4, -0.2) is 54.5 Å². The lowest BCUT2D eigenvalue weighted by Gasteiger charge is -2.18. The largest absolute Gasteiger partial charge is 0.493 e. The molecule has 8 nitrogen and oxygen atoms in total. The fourth-order valence-electron chi connectivity index (χ4n) is 5.02. The van der Waals surface area contributed by atoms with Crippen molar-refractivity contribution < 1.29 is 24.1 Å². The molecule has 0 aliphatic carbocycles. The third-order valence-corrected chi connectivity index (χ3v) is 6.92. The van der Waals surface area contributed by atoms with Gasteiger partial charge in [0.2, 0.25) is 5.75 Å².